The minimum Gasteiger partial charge on any atom is -0.379 e. The van der Waals surface area contributed by atoms with Crippen LogP contribution < -0.4 is 5.32 Å². The van der Waals surface area contributed by atoms with Crippen LogP contribution >= 0.6 is 0 Å². The van der Waals surface area contributed by atoms with E-state index in [0.717, 1.165) is 25.8 Å². The number of hydrogen-bond donors (Lipinski definition) is 1. The van der Waals surface area contributed by atoms with E-state index >= 15 is 0 Å². The van der Waals surface area contributed by atoms with Crippen molar-refractivity contribution in [3.63, 3.8) is 0 Å². The number of fused-ring (bicyclic) bond motifs is 1. The molecule has 5 heteroatoms. The first-order valence-electron chi connectivity index (χ1n) is 6.50. The number of pyridine rings is 1. The second-order valence-electron chi connectivity index (χ2n) is 4.42. The molecule has 5 nitrogen and oxygen atoms in total. The van der Waals surface area contributed by atoms with Gasteiger partial charge < -0.3 is 5.32 Å². The van der Waals surface area contributed by atoms with Gasteiger partial charge in [0.05, 0.1) is 15.8 Å². The fraction of sp³-hybridized carbons (Fsp3) is 0.357. The molecule has 100 valence electrons. The third kappa shape index (κ3) is 2.99. The summed E-state index contributed by atoms with van der Waals surface area (Å²) in [4.78, 5) is 15.1. The van der Waals surface area contributed by atoms with E-state index in [2.05, 4.69) is 17.2 Å². The molecule has 1 heterocycles. The molecular formula is C14H17N3O2. The Morgan fingerprint density at radius 1 is 1.32 bits per heavy atom. The zero-order chi connectivity index (χ0) is 13.7. The van der Waals surface area contributed by atoms with E-state index in [4.69, 9.17) is 0 Å². The van der Waals surface area contributed by atoms with Crippen molar-refractivity contribution >= 4 is 22.3 Å². The Labute approximate surface area is 111 Å². The van der Waals surface area contributed by atoms with Crippen molar-refractivity contribution in [2.75, 3.05) is 11.9 Å². The van der Waals surface area contributed by atoms with Crippen LogP contribution in [-0.4, -0.2) is 16.5 Å². The first-order valence-corrected chi connectivity index (χ1v) is 6.50. The average molecular weight is 259 g/mol. The van der Waals surface area contributed by atoms with Crippen LogP contribution in [0.25, 0.3) is 10.9 Å². The lowest BCUT2D eigenvalue weighted by molar-refractivity contribution is -0.382. The molecule has 0 fully saturated rings. The van der Waals surface area contributed by atoms with Gasteiger partial charge in [0.25, 0.3) is 0 Å². The van der Waals surface area contributed by atoms with Gasteiger partial charge in [-0.25, -0.2) is 0 Å². The average Bonchev–Trinajstić information content (AvgIpc) is 2.42. The van der Waals surface area contributed by atoms with Crippen LogP contribution in [0.5, 0.6) is 0 Å². The molecule has 0 radical (unpaired) electrons. The predicted octanol–water partition coefficient (Wildman–Crippen LogP) is 3.75. The Morgan fingerprint density at radius 2 is 2.16 bits per heavy atom. The number of nitro benzene ring substituents is 1. The number of nitrogens with zero attached hydrogens (tertiary/aromatic N) is 2. The molecule has 0 saturated heterocycles. The van der Waals surface area contributed by atoms with E-state index in [1.54, 1.807) is 24.4 Å². The van der Waals surface area contributed by atoms with Crippen molar-refractivity contribution in [1.29, 1.82) is 0 Å². The van der Waals surface area contributed by atoms with E-state index in [9.17, 15) is 10.1 Å². The highest BCUT2D eigenvalue weighted by atomic mass is 16.6. The number of nitrogens with one attached hydrogen (secondary N) is 1. The molecule has 1 aromatic carbocycles. The van der Waals surface area contributed by atoms with Gasteiger partial charge in [-0.05, 0) is 30.7 Å². The highest BCUT2D eigenvalue weighted by molar-refractivity contribution is 5.94. The van der Waals surface area contributed by atoms with Crippen molar-refractivity contribution in [3.8, 4) is 0 Å². The maximum absolute atomic E-state index is 11.3. The summed E-state index contributed by atoms with van der Waals surface area (Å²) in [6, 6.07) is 7.00. The molecule has 19 heavy (non-hydrogen) atoms. The maximum Gasteiger partial charge on any atom is 0.301 e. The first-order chi connectivity index (χ1) is 9.24. The van der Waals surface area contributed by atoms with Crippen LogP contribution in [0.4, 0.5) is 11.4 Å². The second-order valence-corrected chi connectivity index (χ2v) is 4.42. The third-order valence-corrected chi connectivity index (χ3v) is 3.03. The van der Waals surface area contributed by atoms with E-state index < -0.39 is 0 Å². The van der Waals surface area contributed by atoms with E-state index in [-0.39, 0.29) is 10.6 Å². The number of aromatic nitrogens is 1. The van der Waals surface area contributed by atoms with Gasteiger partial charge in [0.15, 0.2) is 0 Å². The molecule has 0 spiro atoms. The summed E-state index contributed by atoms with van der Waals surface area (Å²) in [6.45, 7) is 2.88. The summed E-state index contributed by atoms with van der Waals surface area (Å²) < 4.78 is 0. The topological polar surface area (TPSA) is 68.1 Å². The number of nitro groups is 1. The predicted molar refractivity (Wildman–Crippen MR) is 76.4 cm³/mol. The van der Waals surface area contributed by atoms with Crippen molar-refractivity contribution in [2.24, 2.45) is 0 Å². The van der Waals surface area contributed by atoms with E-state index in [1.165, 1.54) is 0 Å². The van der Waals surface area contributed by atoms with Gasteiger partial charge in [-0.15, -0.1) is 0 Å². The van der Waals surface area contributed by atoms with Gasteiger partial charge in [0.1, 0.15) is 5.69 Å². The summed E-state index contributed by atoms with van der Waals surface area (Å²) >= 11 is 0. The number of hydrogen-bond acceptors (Lipinski definition) is 4. The zero-order valence-corrected chi connectivity index (χ0v) is 10.9. The van der Waals surface area contributed by atoms with Gasteiger partial charge >= 0.3 is 5.69 Å². The van der Waals surface area contributed by atoms with Crippen LogP contribution in [0.1, 0.15) is 26.2 Å². The van der Waals surface area contributed by atoms with Crippen LogP contribution in [0.3, 0.4) is 0 Å². The molecule has 1 N–H and O–H groups in total. The van der Waals surface area contributed by atoms with Gasteiger partial charge in [-0.1, -0.05) is 19.8 Å². The molecule has 0 saturated carbocycles. The second kappa shape index (κ2) is 6.13. The minimum absolute atomic E-state index is 0.113. The standard InChI is InChI=1S/C14H17N3O2/c1-2-3-4-9-16-13-8-7-12-11(6-5-10-15-12)14(13)17(18)19/h5-8,10,16H,2-4,9H2,1H3. The molecule has 0 aliphatic carbocycles. The van der Waals surface area contributed by atoms with Crippen molar-refractivity contribution in [2.45, 2.75) is 26.2 Å². The molecule has 0 bridgehead atoms. The highest BCUT2D eigenvalue weighted by Gasteiger charge is 2.18. The van der Waals surface area contributed by atoms with Crippen LogP contribution in [0, 0.1) is 10.1 Å². The maximum atomic E-state index is 11.3. The summed E-state index contributed by atoms with van der Waals surface area (Å²) in [5.41, 5.74) is 1.33. The molecule has 0 unspecified atom stereocenters. The Hall–Kier alpha value is -2.17. The fourth-order valence-electron chi connectivity index (χ4n) is 2.07. The zero-order valence-electron chi connectivity index (χ0n) is 10.9. The summed E-state index contributed by atoms with van der Waals surface area (Å²) in [6.07, 6.45) is 4.90. The number of benzene rings is 1. The summed E-state index contributed by atoms with van der Waals surface area (Å²) in [5.74, 6) is 0. The smallest absolute Gasteiger partial charge is 0.301 e. The Morgan fingerprint density at radius 3 is 2.89 bits per heavy atom. The van der Waals surface area contributed by atoms with Crippen molar-refractivity contribution in [1.82, 2.24) is 4.98 Å². The molecule has 0 amide bonds. The summed E-state index contributed by atoms with van der Waals surface area (Å²) in [7, 11) is 0. The van der Waals surface area contributed by atoms with Crippen molar-refractivity contribution in [3.05, 3.63) is 40.6 Å². The number of rotatable bonds is 6. The molecule has 0 aliphatic rings. The van der Waals surface area contributed by atoms with Crippen LogP contribution in [-0.2, 0) is 0 Å². The first kappa shape index (κ1) is 13.3. The van der Waals surface area contributed by atoms with E-state index in [0.29, 0.717) is 16.6 Å². The molecular weight excluding hydrogens is 242 g/mol. The quantitative estimate of drug-likeness (QED) is 0.487. The Balaban J connectivity index is 2.32. The normalized spacial score (nSPS) is 10.6. The monoisotopic (exact) mass is 259 g/mol. The lowest BCUT2D eigenvalue weighted by atomic mass is 10.1. The SMILES string of the molecule is CCCCCNc1ccc2ncccc2c1[N+](=O)[O-]. The van der Waals surface area contributed by atoms with Gasteiger partial charge in [-0.3, -0.25) is 15.1 Å². The number of anilines is 1. The van der Waals surface area contributed by atoms with Crippen LogP contribution in [0.15, 0.2) is 30.5 Å². The largest absolute Gasteiger partial charge is 0.379 e. The molecule has 1 aromatic heterocycles. The lowest BCUT2D eigenvalue weighted by Gasteiger charge is -2.08. The van der Waals surface area contributed by atoms with Gasteiger partial charge in [0.2, 0.25) is 0 Å². The molecule has 0 atom stereocenters. The Bertz CT molecular complexity index is 584. The molecule has 0 aliphatic heterocycles. The lowest BCUT2D eigenvalue weighted by Crippen LogP contribution is -2.04. The Kier molecular flexibility index (Phi) is 4.28. The minimum atomic E-state index is -0.341. The van der Waals surface area contributed by atoms with Crippen molar-refractivity contribution < 1.29 is 4.92 Å². The molecule has 2 aromatic rings. The summed E-state index contributed by atoms with van der Waals surface area (Å²) in [5, 5.41) is 15.0. The van der Waals surface area contributed by atoms with E-state index in [1.807, 2.05) is 6.07 Å². The van der Waals surface area contributed by atoms with Crippen LogP contribution in [0.2, 0.25) is 0 Å². The van der Waals surface area contributed by atoms with Gasteiger partial charge in [0, 0.05) is 12.7 Å². The number of unbranched alkanes of at least 4 members (excludes halogenated alkanes) is 2. The highest BCUT2D eigenvalue weighted by Crippen LogP contribution is 2.32. The fourth-order valence-corrected chi connectivity index (χ4v) is 2.07. The third-order valence-electron chi connectivity index (χ3n) is 3.03. The van der Waals surface area contributed by atoms with Gasteiger partial charge in [-0.2, -0.15) is 0 Å². The molecule has 2 rings (SSSR count).